The summed E-state index contributed by atoms with van der Waals surface area (Å²) >= 11 is 0. The van der Waals surface area contributed by atoms with E-state index < -0.39 is 0 Å². The Morgan fingerprint density at radius 2 is 1.73 bits per heavy atom. The molecule has 2 rings (SSSR count). The number of nitrogens with one attached hydrogen (secondary N) is 2. The highest BCUT2D eigenvalue weighted by Gasteiger charge is 2.19. The van der Waals surface area contributed by atoms with E-state index in [1.807, 2.05) is 0 Å². The van der Waals surface area contributed by atoms with E-state index in [0.29, 0.717) is 6.04 Å². The van der Waals surface area contributed by atoms with Crippen molar-refractivity contribution in [2.24, 2.45) is 4.99 Å². The van der Waals surface area contributed by atoms with E-state index in [1.54, 1.807) is 0 Å². The lowest BCUT2D eigenvalue weighted by atomic mass is 10.1. The molecule has 0 unspecified atom stereocenters. The number of hydrogen-bond donors (Lipinski definition) is 2. The van der Waals surface area contributed by atoms with Crippen LogP contribution >= 0.6 is 0 Å². The first-order valence-electron chi connectivity index (χ1n) is 10.9. The van der Waals surface area contributed by atoms with Crippen LogP contribution in [0.25, 0.3) is 0 Å². The quantitative estimate of drug-likeness (QED) is 0.387. The summed E-state index contributed by atoms with van der Waals surface area (Å²) in [6, 6.07) is 0.571. The molecule has 0 amide bonds. The molecule has 0 spiro atoms. The fraction of sp³-hybridized carbons (Fsp3) is 0.950. The Balaban J connectivity index is 1.67. The summed E-state index contributed by atoms with van der Waals surface area (Å²) < 4.78 is 0. The summed E-state index contributed by atoms with van der Waals surface area (Å²) in [4.78, 5) is 12.5. The molecule has 26 heavy (non-hydrogen) atoms. The molecule has 6 heteroatoms. The van der Waals surface area contributed by atoms with Gasteiger partial charge < -0.3 is 25.3 Å². The lowest BCUT2D eigenvalue weighted by Gasteiger charge is -2.32. The summed E-state index contributed by atoms with van der Waals surface area (Å²) in [7, 11) is 2.23. The fourth-order valence-electron chi connectivity index (χ4n) is 3.94. The van der Waals surface area contributed by atoms with E-state index in [0.717, 1.165) is 25.5 Å². The van der Waals surface area contributed by atoms with E-state index in [9.17, 15) is 0 Å². The molecule has 2 N–H and O–H groups in total. The third kappa shape index (κ3) is 8.23. The van der Waals surface area contributed by atoms with Gasteiger partial charge in [-0.25, -0.2) is 0 Å². The fourth-order valence-corrected chi connectivity index (χ4v) is 3.94. The van der Waals surface area contributed by atoms with Gasteiger partial charge in [-0.05, 0) is 72.3 Å². The van der Waals surface area contributed by atoms with Gasteiger partial charge in [-0.15, -0.1) is 0 Å². The van der Waals surface area contributed by atoms with Crippen LogP contribution in [-0.4, -0.2) is 99.2 Å². The normalized spacial score (nSPS) is 22.3. The second-order valence-electron chi connectivity index (χ2n) is 7.87. The maximum absolute atomic E-state index is 4.83. The van der Waals surface area contributed by atoms with Crippen molar-refractivity contribution in [1.29, 1.82) is 0 Å². The molecule has 0 saturated carbocycles. The Morgan fingerprint density at radius 3 is 2.46 bits per heavy atom. The van der Waals surface area contributed by atoms with Crippen molar-refractivity contribution >= 4 is 5.96 Å². The number of likely N-dealkylation sites (tertiary alicyclic amines) is 1. The summed E-state index contributed by atoms with van der Waals surface area (Å²) in [5.41, 5.74) is 0. The number of hydrogen-bond acceptors (Lipinski definition) is 4. The highest BCUT2D eigenvalue weighted by molar-refractivity contribution is 5.80. The zero-order valence-corrected chi connectivity index (χ0v) is 17.5. The van der Waals surface area contributed by atoms with E-state index in [-0.39, 0.29) is 0 Å². The summed E-state index contributed by atoms with van der Waals surface area (Å²) in [6.07, 6.45) is 6.16. The van der Waals surface area contributed by atoms with Crippen LogP contribution in [-0.2, 0) is 0 Å². The van der Waals surface area contributed by atoms with Gasteiger partial charge in [0.1, 0.15) is 0 Å². The molecule has 152 valence electrons. The molecule has 0 atom stereocenters. The molecule has 0 aromatic carbocycles. The first kappa shape index (κ1) is 21.5. The van der Waals surface area contributed by atoms with Gasteiger partial charge in [-0.3, -0.25) is 4.99 Å². The molecular weight excluding hydrogens is 324 g/mol. The Morgan fingerprint density at radius 1 is 0.962 bits per heavy atom. The van der Waals surface area contributed by atoms with Gasteiger partial charge in [-0.1, -0.05) is 6.92 Å². The number of piperidine rings is 1. The second-order valence-corrected chi connectivity index (χ2v) is 7.87. The van der Waals surface area contributed by atoms with Gasteiger partial charge in [0.2, 0.25) is 0 Å². The predicted octanol–water partition coefficient (Wildman–Crippen LogP) is 1.44. The third-order valence-corrected chi connectivity index (χ3v) is 5.53. The first-order valence-corrected chi connectivity index (χ1v) is 10.9. The molecule has 2 heterocycles. The zero-order valence-electron chi connectivity index (χ0n) is 17.5. The van der Waals surface area contributed by atoms with Crippen LogP contribution < -0.4 is 10.6 Å². The number of nitrogens with zero attached hydrogens (tertiary/aromatic N) is 4. The molecule has 0 aliphatic carbocycles. The van der Waals surface area contributed by atoms with Gasteiger partial charge in [0, 0.05) is 45.3 Å². The lowest BCUT2D eigenvalue weighted by molar-refractivity contribution is 0.206. The molecule has 2 fully saturated rings. The number of aliphatic imine (C=N–C) groups is 1. The van der Waals surface area contributed by atoms with Crippen molar-refractivity contribution in [2.45, 2.75) is 52.0 Å². The van der Waals surface area contributed by atoms with E-state index in [1.165, 1.54) is 78.0 Å². The molecule has 2 aliphatic rings. The summed E-state index contributed by atoms with van der Waals surface area (Å²) in [5, 5.41) is 7.09. The van der Waals surface area contributed by atoms with Crippen LogP contribution in [0.1, 0.15) is 46.0 Å². The zero-order chi connectivity index (χ0) is 18.6. The average Bonchev–Trinajstić information content (AvgIpc) is 2.85. The van der Waals surface area contributed by atoms with Crippen molar-refractivity contribution < 1.29 is 0 Å². The van der Waals surface area contributed by atoms with Crippen LogP contribution in [0.5, 0.6) is 0 Å². The smallest absolute Gasteiger partial charge is 0.191 e. The lowest BCUT2D eigenvalue weighted by Crippen LogP contribution is -2.48. The third-order valence-electron chi connectivity index (χ3n) is 5.53. The standard InChI is InChI=1S/C20H42N6/c1-4-11-25-15-8-19(9-16-25)23-20(21-5-2)22-10-6-13-26-14-7-12-24(3)17-18-26/h19H,4-18H2,1-3H3,(H2,21,22,23). The van der Waals surface area contributed by atoms with E-state index in [4.69, 9.17) is 4.99 Å². The second kappa shape index (κ2) is 12.5. The molecule has 0 radical (unpaired) electrons. The Hall–Kier alpha value is -0.850. The maximum atomic E-state index is 4.83. The van der Waals surface area contributed by atoms with E-state index >= 15 is 0 Å². The van der Waals surface area contributed by atoms with Crippen LogP contribution in [0.15, 0.2) is 4.99 Å². The van der Waals surface area contributed by atoms with Gasteiger partial charge in [0.25, 0.3) is 0 Å². The van der Waals surface area contributed by atoms with Gasteiger partial charge in [-0.2, -0.15) is 0 Å². The highest BCUT2D eigenvalue weighted by atomic mass is 15.2. The minimum Gasteiger partial charge on any atom is -0.357 e. The summed E-state index contributed by atoms with van der Waals surface area (Å²) in [5.74, 6) is 1.01. The molecule has 2 saturated heterocycles. The van der Waals surface area contributed by atoms with E-state index in [2.05, 4.69) is 46.2 Å². The largest absolute Gasteiger partial charge is 0.357 e. The van der Waals surface area contributed by atoms with Crippen LogP contribution in [0.3, 0.4) is 0 Å². The molecule has 2 aliphatic heterocycles. The number of guanidine groups is 1. The Bertz CT molecular complexity index is 392. The van der Waals surface area contributed by atoms with Crippen LogP contribution in [0.2, 0.25) is 0 Å². The maximum Gasteiger partial charge on any atom is 0.191 e. The van der Waals surface area contributed by atoms with Crippen molar-refractivity contribution in [3.05, 3.63) is 0 Å². The minimum atomic E-state index is 0.571. The van der Waals surface area contributed by atoms with Crippen LogP contribution in [0.4, 0.5) is 0 Å². The topological polar surface area (TPSA) is 46.1 Å². The number of rotatable bonds is 8. The predicted molar refractivity (Wildman–Crippen MR) is 112 cm³/mol. The molecule has 0 aromatic rings. The highest BCUT2D eigenvalue weighted by Crippen LogP contribution is 2.10. The molecule has 0 aromatic heterocycles. The minimum absolute atomic E-state index is 0.571. The molecule has 0 bridgehead atoms. The first-order chi connectivity index (χ1) is 12.7. The number of likely N-dealkylation sites (N-methyl/N-ethyl adjacent to an activating group) is 1. The van der Waals surface area contributed by atoms with Gasteiger partial charge in [0.15, 0.2) is 5.96 Å². The Kier molecular flexibility index (Phi) is 10.3. The molecular formula is C20H42N6. The Labute approximate surface area is 161 Å². The van der Waals surface area contributed by atoms with Crippen molar-refractivity contribution in [3.63, 3.8) is 0 Å². The SMILES string of the molecule is CCCN1CCC(NC(=NCCCN2CCCN(C)CC2)NCC)CC1. The average molecular weight is 367 g/mol. The molecule has 6 nitrogen and oxygen atoms in total. The van der Waals surface area contributed by atoms with Gasteiger partial charge >= 0.3 is 0 Å². The summed E-state index contributed by atoms with van der Waals surface area (Å²) in [6.45, 7) is 16.0. The van der Waals surface area contributed by atoms with Crippen molar-refractivity contribution in [3.8, 4) is 0 Å². The van der Waals surface area contributed by atoms with Crippen molar-refractivity contribution in [2.75, 3.05) is 72.5 Å². The van der Waals surface area contributed by atoms with Gasteiger partial charge in [0.05, 0.1) is 0 Å². The van der Waals surface area contributed by atoms with Crippen molar-refractivity contribution in [1.82, 2.24) is 25.3 Å². The van der Waals surface area contributed by atoms with Crippen LogP contribution in [0, 0.1) is 0 Å². The monoisotopic (exact) mass is 366 g/mol.